The first kappa shape index (κ1) is 13.9. The molecule has 0 N–H and O–H groups in total. The Labute approximate surface area is 117 Å². The normalized spacial score (nSPS) is 15.2. The SMILES string of the molecule is CC(C)(C)OC(=O)N1CCc2ccc(Cl)cc2C1=O. The van der Waals surface area contributed by atoms with Crippen molar-refractivity contribution in [1.82, 2.24) is 4.90 Å². The summed E-state index contributed by atoms with van der Waals surface area (Å²) in [5.74, 6) is -0.349. The molecule has 0 atom stereocenters. The molecule has 0 unspecified atom stereocenters. The lowest BCUT2D eigenvalue weighted by Crippen LogP contribution is -2.44. The van der Waals surface area contributed by atoms with E-state index in [1.807, 2.05) is 6.07 Å². The quantitative estimate of drug-likeness (QED) is 0.733. The minimum Gasteiger partial charge on any atom is -0.443 e. The van der Waals surface area contributed by atoms with E-state index in [1.165, 1.54) is 0 Å². The van der Waals surface area contributed by atoms with Crippen molar-refractivity contribution in [2.45, 2.75) is 32.8 Å². The first-order valence-corrected chi connectivity index (χ1v) is 6.49. The number of hydrogen-bond acceptors (Lipinski definition) is 3. The van der Waals surface area contributed by atoms with Crippen molar-refractivity contribution in [3.8, 4) is 0 Å². The zero-order valence-electron chi connectivity index (χ0n) is 11.2. The second-order valence-electron chi connectivity index (χ2n) is 5.49. The third-order valence-electron chi connectivity index (χ3n) is 2.77. The van der Waals surface area contributed by atoms with Gasteiger partial charge in [0.05, 0.1) is 0 Å². The first-order valence-electron chi connectivity index (χ1n) is 6.11. The fourth-order valence-electron chi connectivity index (χ4n) is 1.94. The number of fused-ring (bicyclic) bond motifs is 1. The maximum atomic E-state index is 12.3. The average Bonchev–Trinajstić information content (AvgIpc) is 2.28. The van der Waals surface area contributed by atoms with E-state index in [9.17, 15) is 9.59 Å². The van der Waals surface area contributed by atoms with E-state index in [0.29, 0.717) is 23.6 Å². The van der Waals surface area contributed by atoms with Crippen LogP contribution in [0.25, 0.3) is 0 Å². The summed E-state index contributed by atoms with van der Waals surface area (Å²) in [7, 11) is 0. The number of amides is 2. The second-order valence-corrected chi connectivity index (χ2v) is 5.93. The number of carbonyl (C=O) groups is 2. The van der Waals surface area contributed by atoms with E-state index in [1.54, 1.807) is 32.9 Å². The van der Waals surface area contributed by atoms with Crippen molar-refractivity contribution in [1.29, 1.82) is 0 Å². The predicted octanol–water partition coefficient (Wildman–Crippen LogP) is 3.27. The topological polar surface area (TPSA) is 46.6 Å². The maximum Gasteiger partial charge on any atom is 0.417 e. The lowest BCUT2D eigenvalue weighted by atomic mass is 9.99. The average molecular weight is 282 g/mol. The van der Waals surface area contributed by atoms with Crippen LogP contribution in [0, 0.1) is 0 Å². The molecule has 1 aromatic rings. The van der Waals surface area contributed by atoms with Crippen LogP contribution in [0.1, 0.15) is 36.7 Å². The van der Waals surface area contributed by atoms with Crippen LogP contribution in [-0.2, 0) is 11.2 Å². The van der Waals surface area contributed by atoms with Crippen LogP contribution in [0.2, 0.25) is 5.02 Å². The van der Waals surface area contributed by atoms with Crippen LogP contribution in [0.4, 0.5) is 4.79 Å². The van der Waals surface area contributed by atoms with E-state index < -0.39 is 11.7 Å². The zero-order chi connectivity index (χ0) is 14.2. The molecule has 1 aliphatic rings. The van der Waals surface area contributed by atoms with Crippen LogP contribution in [0.15, 0.2) is 18.2 Å². The van der Waals surface area contributed by atoms with E-state index in [4.69, 9.17) is 16.3 Å². The number of nitrogens with zero attached hydrogens (tertiary/aromatic N) is 1. The van der Waals surface area contributed by atoms with Gasteiger partial charge in [0.15, 0.2) is 0 Å². The summed E-state index contributed by atoms with van der Waals surface area (Å²) in [5.41, 5.74) is 0.769. The second kappa shape index (κ2) is 4.85. The molecule has 1 heterocycles. The monoisotopic (exact) mass is 281 g/mol. The van der Waals surface area contributed by atoms with Crippen LogP contribution < -0.4 is 0 Å². The molecule has 102 valence electrons. The molecule has 19 heavy (non-hydrogen) atoms. The van der Waals surface area contributed by atoms with Crippen LogP contribution in [0.3, 0.4) is 0 Å². The molecular formula is C14H16ClNO3. The van der Waals surface area contributed by atoms with Gasteiger partial charge < -0.3 is 4.74 Å². The Morgan fingerprint density at radius 2 is 2.05 bits per heavy atom. The van der Waals surface area contributed by atoms with Gasteiger partial charge in [-0.2, -0.15) is 0 Å². The molecular weight excluding hydrogens is 266 g/mol. The van der Waals surface area contributed by atoms with Crippen molar-refractivity contribution in [2.75, 3.05) is 6.54 Å². The Kier molecular flexibility index (Phi) is 3.54. The highest BCUT2D eigenvalue weighted by Gasteiger charge is 2.32. The molecule has 0 aliphatic carbocycles. The van der Waals surface area contributed by atoms with Gasteiger partial charge in [0.2, 0.25) is 0 Å². The lowest BCUT2D eigenvalue weighted by Gasteiger charge is -2.29. The summed E-state index contributed by atoms with van der Waals surface area (Å²) in [6, 6.07) is 5.16. The van der Waals surface area contributed by atoms with Gasteiger partial charge in [0.1, 0.15) is 5.60 Å². The highest BCUT2D eigenvalue weighted by Crippen LogP contribution is 2.24. The Morgan fingerprint density at radius 3 is 2.68 bits per heavy atom. The molecule has 0 fully saturated rings. The van der Waals surface area contributed by atoms with Gasteiger partial charge in [-0.05, 0) is 44.9 Å². The highest BCUT2D eigenvalue weighted by atomic mass is 35.5. The van der Waals surface area contributed by atoms with Crippen molar-refractivity contribution >= 4 is 23.6 Å². The van der Waals surface area contributed by atoms with Gasteiger partial charge >= 0.3 is 6.09 Å². The van der Waals surface area contributed by atoms with Gasteiger partial charge in [0, 0.05) is 17.1 Å². The fraction of sp³-hybridized carbons (Fsp3) is 0.429. The molecule has 0 saturated heterocycles. The molecule has 0 spiro atoms. The smallest absolute Gasteiger partial charge is 0.417 e. The third-order valence-corrected chi connectivity index (χ3v) is 3.00. The van der Waals surface area contributed by atoms with Gasteiger partial charge in [-0.15, -0.1) is 0 Å². The molecule has 0 aromatic heterocycles. The summed E-state index contributed by atoms with van der Waals surface area (Å²) >= 11 is 5.89. The van der Waals surface area contributed by atoms with Crippen molar-refractivity contribution < 1.29 is 14.3 Å². The third kappa shape index (κ3) is 3.07. The van der Waals surface area contributed by atoms with Crippen LogP contribution in [-0.4, -0.2) is 29.0 Å². The molecule has 2 rings (SSSR count). The molecule has 4 nitrogen and oxygen atoms in total. The zero-order valence-corrected chi connectivity index (χ0v) is 12.0. The summed E-state index contributed by atoms with van der Waals surface area (Å²) < 4.78 is 5.23. The summed E-state index contributed by atoms with van der Waals surface area (Å²) in [6.07, 6.45) is 0.0143. The van der Waals surface area contributed by atoms with Gasteiger partial charge in [-0.3, -0.25) is 4.79 Å². The summed E-state index contributed by atoms with van der Waals surface area (Å²) in [6.45, 7) is 5.64. The molecule has 5 heteroatoms. The first-order chi connectivity index (χ1) is 8.78. The van der Waals surface area contributed by atoms with Crippen LogP contribution >= 0.6 is 11.6 Å². The number of rotatable bonds is 0. The fourth-order valence-corrected chi connectivity index (χ4v) is 2.11. The van der Waals surface area contributed by atoms with Gasteiger partial charge in [-0.1, -0.05) is 17.7 Å². The summed E-state index contributed by atoms with van der Waals surface area (Å²) in [4.78, 5) is 25.4. The standard InChI is InChI=1S/C14H16ClNO3/c1-14(2,3)19-13(18)16-7-6-9-4-5-10(15)8-11(9)12(16)17/h4-5,8H,6-7H2,1-3H3. The molecule has 0 bridgehead atoms. The van der Waals surface area contributed by atoms with Crippen molar-refractivity contribution in [3.63, 3.8) is 0 Å². The highest BCUT2D eigenvalue weighted by molar-refractivity contribution is 6.31. The lowest BCUT2D eigenvalue weighted by molar-refractivity contribution is 0.0233. The predicted molar refractivity (Wildman–Crippen MR) is 72.4 cm³/mol. The number of benzene rings is 1. The number of halogens is 1. The van der Waals surface area contributed by atoms with E-state index in [0.717, 1.165) is 10.5 Å². The Balaban J connectivity index is 2.24. The van der Waals surface area contributed by atoms with Crippen LogP contribution in [0.5, 0.6) is 0 Å². The minimum absolute atomic E-state index is 0.336. The number of carbonyl (C=O) groups excluding carboxylic acids is 2. The Bertz CT molecular complexity index is 534. The molecule has 0 saturated carbocycles. The molecule has 0 radical (unpaired) electrons. The summed E-state index contributed by atoms with van der Waals surface area (Å²) in [5, 5.41) is 0.484. The van der Waals surface area contributed by atoms with E-state index in [-0.39, 0.29) is 5.91 Å². The molecule has 2 amide bonds. The van der Waals surface area contributed by atoms with E-state index in [2.05, 4.69) is 0 Å². The van der Waals surface area contributed by atoms with Crippen molar-refractivity contribution in [2.24, 2.45) is 0 Å². The Hall–Kier alpha value is -1.55. The van der Waals surface area contributed by atoms with Gasteiger partial charge in [0.25, 0.3) is 5.91 Å². The number of imide groups is 1. The minimum atomic E-state index is -0.619. The Morgan fingerprint density at radius 1 is 1.37 bits per heavy atom. The van der Waals surface area contributed by atoms with Crippen molar-refractivity contribution in [3.05, 3.63) is 34.3 Å². The van der Waals surface area contributed by atoms with E-state index >= 15 is 0 Å². The molecule has 1 aromatic carbocycles. The number of ether oxygens (including phenoxy) is 1. The van der Waals surface area contributed by atoms with Gasteiger partial charge in [-0.25, -0.2) is 9.69 Å². The number of hydrogen-bond donors (Lipinski definition) is 0. The largest absolute Gasteiger partial charge is 0.443 e. The molecule has 1 aliphatic heterocycles. The maximum absolute atomic E-state index is 12.3.